The molecule has 0 saturated carbocycles. The second kappa shape index (κ2) is 7.06. The van der Waals surface area contributed by atoms with Gasteiger partial charge in [-0.1, -0.05) is 0 Å². The zero-order valence-electron chi connectivity index (χ0n) is 16.4. The standard InChI is InChI=1S/C20H18N8O3/c21-16-9-22-13(8-23-16)17-18-19(26-20(25-17)27-3-5-29-6-4-27)28(10-24-18)12-1-2-14-15(7-12)31-11-30-14/h1-2,7-10H,3-6,11H2,(H2,21,23). The molecule has 1 aromatic carbocycles. The molecule has 3 aromatic heterocycles. The Hall–Kier alpha value is -3.99. The van der Waals surface area contributed by atoms with E-state index in [1.165, 1.54) is 6.20 Å². The third kappa shape index (κ3) is 3.06. The van der Waals surface area contributed by atoms with Crippen molar-refractivity contribution in [1.29, 1.82) is 0 Å². The molecule has 0 unspecified atom stereocenters. The van der Waals surface area contributed by atoms with Crippen molar-refractivity contribution in [2.24, 2.45) is 0 Å². The summed E-state index contributed by atoms with van der Waals surface area (Å²) in [7, 11) is 0. The zero-order valence-corrected chi connectivity index (χ0v) is 16.4. The fourth-order valence-corrected chi connectivity index (χ4v) is 3.66. The Morgan fingerprint density at radius 1 is 0.935 bits per heavy atom. The maximum Gasteiger partial charge on any atom is 0.231 e. The molecule has 0 atom stereocenters. The molecule has 0 amide bonds. The van der Waals surface area contributed by atoms with Crippen LogP contribution in [0.2, 0.25) is 0 Å². The number of hydrogen-bond donors (Lipinski definition) is 1. The van der Waals surface area contributed by atoms with Crippen LogP contribution in [-0.4, -0.2) is 62.6 Å². The molecule has 6 rings (SSSR count). The van der Waals surface area contributed by atoms with Crippen LogP contribution < -0.4 is 20.1 Å². The number of imidazole rings is 1. The summed E-state index contributed by atoms with van der Waals surface area (Å²) in [5.41, 5.74) is 9.02. The van der Waals surface area contributed by atoms with Crippen LogP contribution in [0.4, 0.5) is 11.8 Å². The lowest BCUT2D eigenvalue weighted by atomic mass is 10.2. The highest BCUT2D eigenvalue weighted by Crippen LogP contribution is 2.35. The number of anilines is 2. The fourth-order valence-electron chi connectivity index (χ4n) is 3.66. The number of nitrogens with two attached hydrogens (primary N) is 1. The quantitative estimate of drug-likeness (QED) is 0.522. The van der Waals surface area contributed by atoms with Gasteiger partial charge in [-0.25, -0.2) is 19.9 Å². The first-order chi connectivity index (χ1) is 15.3. The molecule has 1 saturated heterocycles. The normalized spacial score (nSPS) is 15.5. The van der Waals surface area contributed by atoms with Gasteiger partial charge in [-0.15, -0.1) is 0 Å². The average Bonchev–Trinajstić information content (AvgIpc) is 3.46. The number of morpholine rings is 1. The Bertz CT molecular complexity index is 1270. The van der Waals surface area contributed by atoms with Gasteiger partial charge in [-0.05, 0) is 12.1 Å². The number of aromatic nitrogens is 6. The molecular weight excluding hydrogens is 400 g/mol. The van der Waals surface area contributed by atoms with Gasteiger partial charge in [0.05, 0.1) is 31.3 Å². The molecule has 156 valence electrons. The van der Waals surface area contributed by atoms with Crippen LogP contribution in [0, 0.1) is 0 Å². The summed E-state index contributed by atoms with van der Waals surface area (Å²) in [5, 5.41) is 0. The lowest BCUT2D eigenvalue weighted by molar-refractivity contribution is 0.122. The van der Waals surface area contributed by atoms with Crippen LogP contribution >= 0.6 is 0 Å². The Labute approximate surface area is 176 Å². The zero-order chi connectivity index (χ0) is 20.8. The molecule has 1 fully saturated rings. The number of rotatable bonds is 3. The summed E-state index contributed by atoms with van der Waals surface area (Å²) in [4.78, 5) is 24.9. The first-order valence-corrected chi connectivity index (χ1v) is 9.82. The molecule has 11 nitrogen and oxygen atoms in total. The predicted octanol–water partition coefficient (Wildman–Crippen LogP) is 1.42. The average molecular weight is 418 g/mol. The minimum atomic E-state index is 0.215. The molecule has 11 heteroatoms. The lowest BCUT2D eigenvalue weighted by Gasteiger charge is -2.27. The smallest absolute Gasteiger partial charge is 0.231 e. The number of hydrogen-bond acceptors (Lipinski definition) is 10. The van der Waals surface area contributed by atoms with Gasteiger partial charge in [0, 0.05) is 19.2 Å². The molecule has 2 aliphatic rings. The summed E-state index contributed by atoms with van der Waals surface area (Å²) in [6, 6.07) is 5.72. The van der Waals surface area contributed by atoms with E-state index >= 15 is 0 Å². The fraction of sp³-hybridized carbons (Fsp3) is 0.250. The van der Waals surface area contributed by atoms with Gasteiger partial charge >= 0.3 is 0 Å². The van der Waals surface area contributed by atoms with E-state index in [2.05, 4.69) is 19.9 Å². The predicted molar refractivity (Wildman–Crippen MR) is 111 cm³/mol. The third-order valence-corrected chi connectivity index (χ3v) is 5.23. The van der Waals surface area contributed by atoms with Crippen LogP contribution in [-0.2, 0) is 4.74 Å². The molecule has 5 heterocycles. The largest absolute Gasteiger partial charge is 0.454 e. The molecular formula is C20H18N8O3. The molecule has 0 aliphatic carbocycles. The molecule has 31 heavy (non-hydrogen) atoms. The maximum absolute atomic E-state index is 5.72. The van der Waals surface area contributed by atoms with E-state index < -0.39 is 0 Å². The van der Waals surface area contributed by atoms with Crippen LogP contribution in [0.5, 0.6) is 11.5 Å². The van der Waals surface area contributed by atoms with Crippen molar-refractivity contribution in [3.05, 3.63) is 36.9 Å². The molecule has 0 radical (unpaired) electrons. The second-order valence-corrected chi connectivity index (χ2v) is 7.12. The van der Waals surface area contributed by atoms with Gasteiger partial charge in [-0.3, -0.25) is 4.57 Å². The number of nitrogens with zero attached hydrogens (tertiary/aromatic N) is 7. The molecule has 0 spiro atoms. The number of ether oxygens (including phenoxy) is 3. The Kier molecular flexibility index (Phi) is 4.06. The minimum absolute atomic E-state index is 0.215. The Morgan fingerprint density at radius 3 is 2.65 bits per heavy atom. The Balaban J connectivity index is 1.54. The van der Waals surface area contributed by atoms with Gasteiger partial charge < -0.3 is 24.8 Å². The summed E-state index contributed by atoms with van der Waals surface area (Å²) >= 11 is 0. The van der Waals surface area contributed by atoms with Gasteiger partial charge in [0.15, 0.2) is 17.1 Å². The van der Waals surface area contributed by atoms with Crippen molar-refractivity contribution < 1.29 is 14.2 Å². The second-order valence-electron chi connectivity index (χ2n) is 7.12. The highest BCUT2D eigenvalue weighted by atomic mass is 16.7. The molecule has 4 aromatic rings. The first-order valence-electron chi connectivity index (χ1n) is 9.82. The first kappa shape index (κ1) is 17.8. The van der Waals surface area contributed by atoms with Crippen molar-refractivity contribution >= 4 is 22.9 Å². The van der Waals surface area contributed by atoms with E-state index in [1.54, 1.807) is 12.5 Å². The SMILES string of the molecule is Nc1cnc(-c2nc(N3CCOCC3)nc3c2ncn3-c2ccc3c(c2)OCO3)cn1. The van der Waals surface area contributed by atoms with Gasteiger partial charge in [0.2, 0.25) is 12.7 Å². The summed E-state index contributed by atoms with van der Waals surface area (Å²) in [5.74, 6) is 2.33. The van der Waals surface area contributed by atoms with E-state index in [1.807, 2.05) is 22.8 Å². The molecule has 2 N–H and O–H groups in total. The Morgan fingerprint density at radius 2 is 1.81 bits per heavy atom. The summed E-state index contributed by atoms with van der Waals surface area (Å²) in [6.45, 7) is 2.87. The van der Waals surface area contributed by atoms with Crippen LogP contribution in [0.1, 0.15) is 0 Å². The number of fused-ring (bicyclic) bond motifs is 2. The van der Waals surface area contributed by atoms with Crippen molar-refractivity contribution in [3.8, 4) is 28.6 Å². The van der Waals surface area contributed by atoms with Crippen molar-refractivity contribution in [2.75, 3.05) is 43.7 Å². The highest BCUT2D eigenvalue weighted by Gasteiger charge is 2.22. The van der Waals surface area contributed by atoms with E-state index in [-0.39, 0.29) is 6.79 Å². The number of benzene rings is 1. The van der Waals surface area contributed by atoms with Crippen LogP contribution in [0.15, 0.2) is 36.9 Å². The van der Waals surface area contributed by atoms with Crippen molar-refractivity contribution in [2.45, 2.75) is 0 Å². The number of nitrogen functional groups attached to an aromatic ring is 1. The van der Waals surface area contributed by atoms with E-state index in [0.29, 0.717) is 66.4 Å². The summed E-state index contributed by atoms with van der Waals surface area (Å²) in [6.07, 6.45) is 4.82. The van der Waals surface area contributed by atoms with E-state index in [0.717, 1.165) is 11.4 Å². The van der Waals surface area contributed by atoms with Gasteiger partial charge in [-0.2, -0.15) is 4.98 Å². The lowest BCUT2D eigenvalue weighted by Crippen LogP contribution is -2.37. The van der Waals surface area contributed by atoms with Gasteiger partial charge in [0.1, 0.15) is 29.0 Å². The maximum atomic E-state index is 5.72. The van der Waals surface area contributed by atoms with Crippen molar-refractivity contribution in [3.63, 3.8) is 0 Å². The topological polar surface area (TPSA) is 126 Å². The molecule has 0 bridgehead atoms. The van der Waals surface area contributed by atoms with Crippen LogP contribution in [0.25, 0.3) is 28.2 Å². The minimum Gasteiger partial charge on any atom is -0.454 e. The van der Waals surface area contributed by atoms with Gasteiger partial charge in [0.25, 0.3) is 0 Å². The highest BCUT2D eigenvalue weighted by molar-refractivity contribution is 5.88. The van der Waals surface area contributed by atoms with Crippen molar-refractivity contribution in [1.82, 2.24) is 29.5 Å². The third-order valence-electron chi connectivity index (χ3n) is 5.23. The van der Waals surface area contributed by atoms with E-state index in [4.69, 9.17) is 29.9 Å². The molecule has 2 aliphatic heterocycles. The summed E-state index contributed by atoms with van der Waals surface area (Å²) < 4.78 is 18.3. The van der Waals surface area contributed by atoms with E-state index in [9.17, 15) is 0 Å². The monoisotopic (exact) mass is 418 g/mol. The van der Waals surface area contributed by atoms with Crippen LogP contribution in [0.3, 0.4) is 0 Å².